The van der Waals surface area contributed by atoms with Crippen molar-refractivity contribution in [1.29, 1.82) is 0 Å². The summed E-state index contributed by atoms with van der Waals surface area (Å²) < 4.78 is 5.32. The van der Waals surface area contributed by atoms with Crippen LogP contribution in [0.4, 0.5) is 10.8 Å². The second-order valence-corrected chi connectivity index (χ2v) is 6.17. The normalized spacial score (nSPS) is 10.4. The van der Waals surface area contributed by atoms with Crippen molar-refractivity contribution in [2.24, 2.45) is 5.73 Å². The third-order valence-electron chi connectivity index (χ3n) is 3.58. The number of anilines is 2. The molecule has 1 amide bonds. The zero-order valence-electron chi connectivity index (χ0n) is 13.4. The maximum absolute atomic E-state index is 11.4. The molecule has 2 aromatic carbocycles. The number of aromatic nitrogens is 1. The molecule has 0 spiro atoms. The van der Waals surface area contributed by atoms with Crippen LogP contribution >= 0.6 is 11.3 Å². The van der Waals surface area contributed by atoms with Gasteiger partial charge in [-0.1, -0.05) is 29.8 Å². The van der Waals surface area contributed by atoms with Gasteiger partial charge in [0.05, 0.1) is 18.5 Å². The number of nitrogens with two attached hydrogens (primary N) is 1. The quantitative estimate of drug-likeness (QED) is 0.737. The highest BCUT2D eigenvalue weighted by molar-refractivity contribution is 7.14. The van der Waals surface area contributed by atoms with E-state index in [1.165, 1.54) is 16.9 Å². The lowest BCUT2D eigenvalue weighted by Crippen LogP contribution is -2.11. The molecule has 0 fully saturated rings. The Morgan fingerprint density at radius 2 is 1.96 bits per heavy atom. The van der Waals surface area contributed by atoms with E-state index in [9.17, 15) is 4.79 Å². The molecule has 3 aromatic rings. The summed E-state index contributed by atoms with van der Waals surface area (Å²) in [5.74, 6) is 0.132. The minimum Gasteiger partial charge on any atom is -0.495 e. The van der Waals surface area contributed by atoms with Gasteiger partial charge in [0.25, 0.3) is 0 Å². The molecule has 3 rings (SSSR count). The lowest BCUT2D eigenvalue weighted by atomic mass is 10.1. The molecule has 0 radical (unpaired) electrons. The van der Waals surface area contributed by atoms with Gasteiger partial charge >= 0.3 is 0 Å². The van der Waals surface area contributed by atoms with E-state index in [1.807, 2.05) is 17.5 Å². The fraction of sp³-hybridized carbons (Fsp3) is 0.111. The van der Waals surface area contributed by atoms with E-state index in [4.69, 9.17) is 10.5 Å². The highest BCUT2D eigenvalue weighted by Gasteiger charge is 2.10. The minimum atomic E-state index is -0.486. The summed E-state index contributed by atoms with van der Waals surface area (Å²) in [7, 11) is 1.57. The van der Waals surface area contributed by atoms with E-state index in [1.54, 1.807) is 25.3 Å². The number of amides is 1. The molecule has 1 heterocycles. The zero-order valence-corrected chi connectivity index (χ0v) is 14.2. The van der Waals surface area contributed by atoms with E-state index in [0.717, 1.165) is 11.3 Å². The van der Waals surface area contributed by atoms with Gasteiger partial charge in [0.15, 0.2) is 5.13 Å². The summed E-state index contributed by atoms with van der Waals surface area (Å²) in [5.41, 5.74) is 9.56. The fourth-order valence-corrected chi connectivity index (χ4v) is 2.99. The van der Waals surface area contributed by atoms with Gasteiger partial charge in [-0.25, -0.2) is 4.98 Å². The van der Waals surface area contributed by atoms with Gasteiger partial charge in [-0.3, -0.25) is 4.79 Å². The molecule has 0 saturated heterocycles. The van der Waals surface area contributed by atoms with Crippen LogP contribution in [0, 0.1) is 6.92 Å². The summed E-state index contributed by atoms with van der Waals surface area (Å²) in [6.45, 7) is 2.05. The van der Waals surface area contributed by atoms with E-state index < -0.39 is 5.91 Å². The van der Waals surface area contributed by atoms with Crippen LogP contribution in [0.25, 0.3) is 11.3 Å². The molecule has 0 saturated carbocycles. The second-order valence-electron chi connectivity index (χ2n) is 5.31. The number of methoxy groups -OCH3 is 1. The monoisotopic (exact) mass is 339 g/mol. The number of hydrogen-bond acceptors (Lipinski definition) is 5. The maximum Gasteiger partial charge on any atom is 0.248 e. The highest BCUT2D eigenvalue weighted by atomic mass is 32.1. The lowest BCUT2D eigenvalue weighted by Gasteiger charge is -2.10. The number of carbonyl (C=O) groups is 1. The van der Waals surface area contributed by atoms with Crippen LogP contribution in [0.15, 0.2) is 47.8 Å². The van der Waals surface area contributed by atoms with Crippen LogP contribution in [-0.4, -0.2) is 18.0 Å². The Balaban J connectivity index is 1.88. The molecule has 0 aliphatic heterocycles. The molecule has 0 aliphatic rings. The highest BCUT2D eigenvalue weighted by Crippen LogP contribution is 2.32. The lowest BCUT2D eigenvalue weighted by molar-refractivity contribution is 0.100. The van der Waals surface area contributed by atoms with Crippen molar-refractivity contribution in [1.82, 2.24) is 4.98 Å². The predicted molar refractivity (Wildman–Crippen MR) is 97.1 cm³/mol. The number of thiazole rings is 1. The molecule has 122 valence electrons. The predicted octanol–water partition coefficient (Wildman–Crippen LogP) is 3.97. The van der Waals surface area contributed by atoms with Crippen molar-refractivity contribution in [3.8, 4) is 17.0 Å². The summed E-state index contributed by atoms with van der Waals surface area (Å²) in [4.78, 5) is 16.0. The van der Waals surface area contributed by atoms with Crippen molar-refractivity contribution in [3.63, 3.8) is 0 Å². The Kier molecular flexibility index (Phi) is 4.48. The molecule has 5 nitrogen and oxygen atoms in total. The summed E-state index contributed by atoms with van der Waals surface area (Å²) in [5, 5.41) is 5.89. The van der Waals surface area contributed by atoms with E-state index in [-0.39, 0.29) is 0 Å². The first-order valence-corrected chi connectivity index (χ1v) is 8.22. The number of rotatable bonds is 5. The average molecular weight is 339 g/mol. The van der Waals surface area contributed by atoms with Gasteiger partial charge in [0, 0.05) is 16.5 Å². The first-order valence-electron chi connectivity index (χ1n) is 7.34. The van der Waals surface area contributed by atoms with Gasteiger partial charge in [-0.2, -0.15) is 0 Å². The van der Waals surface area contributed by atoms with Gasteiger partial charge in [-0.05, 0) is 25.1 Å². The Hall–Kier alpha value is -2.86. The topological polar surface area (TPSA) is 77.2 Å². The molecular weight excluding hydrogens is 322 g/mol. The summed E-state index contributed by atoms with van der Waals surface area (Å²) in [6, 6.07) is 13.2. The van der Waals surface area contributed by atoms with Crippen LogP contribution in [0.1, 0.15) is 15.9 Å². The third-order valence-corrected chi connectivity index (χ3v) is 4.33. The van der Waals surface area contributed by atoms with E-state index >= 15 is 0 Å². The fourth-order valence-electron chi connectivity index (χ4n) is 2.26. The number of ether oxygens (including phenoxy) is 1. The van der Waals surface area contributed by atoms with Crippen molar-refractivity contribution >= 4 is 28.1 Å². The number of carbonyl (C=O) groups excluding carboxylic acids is 1. The molecular formula is C18H17N3O2S. The minimum absolute atomic E-state index is 0.411. The Bertz CT molecular complexity index is 872. The molecule has 0 unspecified atom stereocenters. The van der Waals surface area contributed by atoms with E-state index in [2.05, 4.69) is 29.4 Å². The van der Waals surface area contributed by atoms with Crippen LogP contribution in [0.3, 0.4) is 0 Å². The van der Waals surface area contributed by atoms with Crippen LogP contribution in [0.5, 0.6) is 5.75 Å². The van der Waals surface area contributed by atoms with Gasteiger partial charge in [0.2, 0.25) is 5.91 Å². The molecule has 6 heteroatoms. The van der Waals surface area contributed by atoms with Crippen LogP contribution in [0.2, 0.25) is 0 Å². The van der Waals surface area contributed by atoms with Gasteiger partial charge in [0.1, 0.15) is 5.75 Å². The summed E-state index contributed by atoms with van der Waals surface area (Å²) in [6.07, 6.45) is 0. The van der Waals surface area contributed by atoms with Crippen molar-refractivity contribution in [2.45, 2.75) is 6.92 Å². The van der Waals surface area contributed by atoms with Crippen molar-refractivity contribution in [2.75, 3.05) is 12.4 Å². The Morgan fingerprint density at radius 1 is 1.21 bits per heavy atom. The summed E-state index contributed by atoms with van der Waals surface area (Å²) >= 11 is 1.48. The average Bonchev–Trinajstić information content (AvgIpc) is 3.04. The second kappa shape index (κ2) is 6.72. The SMILES string of the molecule is COc1ccc(C(N)=O)cc1Nc1nc(-c2ccc(C)cc2)cs1. The number of nitrogens with one attached hydrogen (secondary N) is 1. The first kappa shape index (κ1) is 16.0. The number of primary amides is 1. The number of nitrogens with zero attached hydrogens (tertiary/aromatic N) is 1. The van der Waals surface area contributed by atoms with Crippen LogP contribution in [-0.2, 0) is 0 Å². The zero-order chi connectivity index (χ0) is 17.1. The Morgan fingerprint density at radius 3 is 2.62 bits per heavy atom. The standard InChI is InChI=1S/C18H17N3O2S/c1-11-3-5-12(6-4-11)15-10-24-18(21-15)20-14-9-13(17(19)22)7-8-16(14)23-2/h3-10H,1-2H3,(H2,19,22)(H,20,21). The number of aryl methyl sites for hydroxylation is 1. The molecule has 0 bridgehead atoms. The molecule has 0 atom stereocenters. The first-order chi connectivity index (χ1) is 11.6. The number of benzene rings is 2. The largest absolute Gasteiger partial charge is 0.495 e. The van der Waals surface area contributed by atoms with E-state index in [0.29, 0.717) is 22.1 Å². The van der Waals surface area contributed by atoms with Gasteiger partial charge < -0.3 is 15.8 Å². The molecule has 3 N–H and O–H groups in total. The maximum atomic E-state index is 11.4. The van der Waals surface area contributed by atoms with Crippen molar-refractivity contribution in [3.05, 3.63) is 59.0 Å². The smallest absolute Gasteiger partial charge is 0.248 e. The Labute approximate surface area is 144 Å². The third kappa shape index (κ3) is 3.38. The van der Waals surface area contributed by atoms with Crippen molar-refractivity contribution < 1.29 is 9.53 Å². The number of hydrogen-bond donors (Lipinski definition) is 2. The molecule has 1 aromatic heterocycles. The molecule has 0 aliphatic carbocycles. The van der Waals surface area contributed by atoms with Gasteiger partial charge in [-0.15, -0.1) is 11.3 Å². The molecule has 24 heavy (non-hydrogen) atoms. The van der Waals surface area contributed by atoms with Crippen LogP contribution < -0.4 is 15.8 Å².